The fourth-order valence-corrected chi connectivity index (χ4v) is 3.12. The van der Waals surface area contributed by atoms with Crippen molar-refractivity contribution in [3.8, 4) is 11.1 Å². The second-order valence-corrected chi connectivity index (χ2v) is 6.39. The average Bonchev–Trinajstić information content (AvgIpc) is 2.80. The maximum absolute atomic E-state index is 5.99. The SMILES string of the molecule is CC(C)CC1=Cc2cccc(-c3ccc(Cl)cc3)c2C1. The molecule has 20 heavy (non-hydrogen) atoms. The van der Waals surface area contributed by atoms with Crippen molar-refractivity contribution >= 4 is 17.7 Å². The molecule has 3 rings (SSSR count). The first-order chi connectivity index (χ1) is 9.63. The third-order valence-corrected chi connectivity index (χ3v) is 4.05. The molecule has 2 aromatic rings. The van der Waals surface area contributed by atoms with Gasteiger partial charge >= 0.3 is 0 Å². The van der Waals surface area contributed by atoms with E-state index in [-0.39, 0.29) is 0 Å². The maximum atomic E-state index is 5.99. The number of hydrogen-bond acceptors (Lipinski definition) is 0. The zero-order valence-electron chi connectivity index (χ0n) is 12.0. The molecule has 0 aromatic heterocycles. The topological polar surface area (TPSA) is 0 Å². The first kappa shape index (κ1) is 13.5. The normalized spacial score (nSPS) is 13.5. The molecule has 1 aliphatic carbocycles. The molecule has 0 aliphatic heterocycles. The molecule has 102 valence electrons. The summed E-state index contributed by atoms with van der Waals surface area (Å²) in [6.07, 6.45) is 4.65. The number of allylic oxidation sites excluding steroid dienone is 1. The van der Waals surface area contributed by atoms with Gasteiger partial charge in [-0.1, -0.05) is 67.4 Å². The van der Waals surface area contributed by atoms with Crippen LogP contribution in [-0.4, -0.2) is 0 Å². The molecular weight excluding hydrogens is 264 g/mol. The molecular formula is C19H19Cl. The molecule has 1 heteroatoms. The van der Waals surface area contributed by atoms with Crippen molar-refractivity contribution in [1.29, 1.82) is 0 Å². The standard InChI is InChI=1S/C19H19Cl/c1-13(2)10-14-11-16-4-3-5-18(19(16)12-14)15-6-8-17(20)9-7-15/h3-9,11,13H,10,12H2,1-2H3. The molecule has 2 aromatic carbocycles. The van der Waals surface area contributed by atoms with Gasteiger partial charge in [-0.2, -0.15) is 0 Å². The van der Waals surface area contributed by atoms with Crippen LogP contribution in [0.15, 0.2) is 48.0 Å². The quantitative estimate of drug-likeness (QED) is 0.648. The van der Waals surface area contributed by atoms with E-state index in [9.17, 15) is 0 Å². The molecule has 1 aliphatic rings. The lowest BCUT2D eigenvalue weighted by atomic mass is 9.95. The van der Waals surface area contributed by atoms with E-state index in [1.165, 1.54) is 28.7 Å². The highest BCUT2D eigenvalue weighted by molar-refractivity contribution is 6.30. The van der Waals surface area contributed by atoms with Crippen molar-refractivity contribution in [3.05, 3.63) is 64.2 Å². The molecule has 0 saturated carbocycles. The Balaban J connectivity index is 1.96. The van der Waals surface area contributed by atoms with E-state index in [1.807, 2.05) is 12.1 Å². The van der Waals surface area contributed by atoms with E-state index < -0.39 is 0 Å². The van der Waals surface area contributed by atoms with Gasteiger partial charge in [-0.3, -0.25) is 0 Å². The fourth-order valence-electron chi connectivity index (χ4n) is 2.99. The van der Waals surface area contributed by atoms with Crippen LogP contribution in [0, 0.1) is 5.92 Å². The zero-order chi connectivity index (χ0) is 14.1. The summed E-state index contributed by atoms with van der Waals surface area (Å²) in [4.78, 5) is 0. The summed E-state index contributed by atoms with van der Waals surface area (Å²) >= 11 is 5.99. The molecule has 0 nitrogen and oxygen atoms in total. The zero-order valence-corrected chi connectivity index (χ0v) is 12.7. The predicted molar refractivity (Wildman–Crippen MR) is 88.0 cm³/mol. The molecule has 0 atom stereocenters. The number of hydrogen-bond donors (Lipinski definition) is 0. The highest BCUT2D eigenvalue weighted by atomic mass is 35.5. The van der Waals surface area contributed by atoms with E-state index in [0.29, 0.717) is 0 Å². The molecule has 0 radical (unpaired) electrons. The summed E-state index contributed by atoms with van der Waals surface area (Å²) in [5.74, 6) is 0.717. The lowest BCUT2D eigenvalue weighted by Gasteiger charge is -2.10. The Morgan fingerprint density at radius 1 is 1.05 bits per heavy atom. The summed E-state index contributed by atoms with van der Waals surface area (Å²) in [5.41, 5.74) is 7.00. The Bertz CT molecular complexity index is 648. The second-order valence-electron chi connectivity index (χ2n) is 5.96. The van der Waals surface area contributed by atoms with Crippen molar-refractivity contribution in [2.45, 2.75) is 26.7 Å². The minimum atomic E-state index is 0.717. The molecule has 0 N–H and O–H groups in total. The Morgan fingerprint density at radius 3 is 2.50 bits per heavy atom. The monoisotopic (exact) mass is 282 g/mol. The van der Waals surface area contributed by atoms with Crippen molar-refractivity contribution in [3.63, 3.8) is 0 Å². The Morgan fingerprint density at radius 2 is 1.80 bits per heavy atom. The highest BCUT2D eigenvalue weighted by Crippen LogP contribution is 2.36. The molecule has 0 amide bonds. The van der Waals surface area contributed by atoms with Gasteiger partial charge in [0.15, 0.2) is 0 Å². The van der Waals surface area contributed by atoms with E-state index >= 15 is 0 Å². The molecule has 0 spiro atoms. The molecule has 0 saturated heterocycles. The number of benzene rings is 2. The van der Waals surface area contributed by atoms with Gasteiger partial charge in [-0.05, 0) is 53.1 Å². The van der Waals surface area contributed by atoms with Crippen LogP contribution in [-0.2, 0) is 6.42 Å². The predicted octanol–water partition coefficient (Wildman–Crippen LogP) is 5.99. The minimum absolute atomic E-state index is 0.717. The molecule has 0 fully saturated rings. The van der Waals surface area contributed by atoms with E-state index in [0.717, 1.165) is 17.4 Å². The van der Waals surface area contributed by atoms with E-state index in [2.05, 4.69) is 50.3 Å². The van der Waals surface area contributed by atoms with Crippen molar-refractivity contribution in [2.75, 3.05) is 0 Å². The average molecular weight is 283 g/mol. The van der Waals surface area contributed by atoms with Crippen molar-refractivity contribution in [2.24, 2.45) is 5.92 Å². The Kier molecular flexibility index (Phi) is 3.67. The summed E-state index contributed by atoms with van der Waals surface area (Å²) < 4.78 is 0. The first-order valence-electron chi connectivity index (χ1n) is 7.21. The van der Waals surface area contributed by atoms with Gasteiger partial charge in [-0.15, -0.1) is 0 Å². The first-order valence-corrected chi connectivity index (χ1v) is 7.58. The van der Waals surface area contributed by atoms with Gasteiger partial charge in [0, 0.05) is 5.02 Å². The van der Waals surface area contributed by atoms with Crippen LogP contribution >= 0.6 is 11.6 Å². The van der Waals surface area contributed by atoms with Crippen LogP contribution in [0.3, 0.4) is 0 Å². The lowest BCUT2D eigenvalue weighted by Crippen LogP contribution is -1.93. The Labute approximate surface area is 126 Å². The largest absolute Gasteiger partial charge is 0.0843 e. The second kappa shape index (κ2) is 5.46. The number of halogens is 1. The third kappa shape index (κ3) is 2.66. The van der Waals surface area contributed by atoms with Gasteiger partial charge in [0.05, 0.1) is 0 Å². The number of rotatable bonds is 3. The van der Waals surface area contributed by atoms with E-state index in [1.54, 1.807) is 5.57 Å². The lowest BCUT2D eigenvalue weighted by molar-refractivity contribution is 0.638. The van der Waals surface area contributed by atoms with Crippen LogP contribution < -0.4 is 0 Å². The summed E-state index contributed by atoms with van der Waals surface area (Å²) in [7, 11) is 0. The van der Waals surface area contributed by atoms with Gasteiger partial charge < -0.3 is 0 Å². The minimum Gasteiger partial charge on any atom is -0.0843 e. The van der Waals surface area contributed by atoms with Crippen LogP contribution in [0.2, 0.25) is 5.02 Å². The van der Waals surface area contributed by atoms with Gasteiger partial charge in [-0.25, -0.2) is 0 Å². The molecule has 0 bridgehead atoms. The van der Waals surface area contributed by atoms with Crippen LogP contribution in [0.1, 0.15) is 31.4 Å². The summed E-state index contributed by atoms with van der Waals surface area (Å²) in [5, 5.41) is 0.792. The van der Waals surface area contributed by atoms with Crippen LogP contribution in [0.4, 0.5) is 0 Å². The fraction of sp³-hybridized carbons (Fsp3) is 0.263. The van der Waals surface area contributed by atoms with E-state index in [4.69, 9.17) is 11.6 Å². The third-order valence-electron chi connectivity index (χ3n) is 3.80. The summed E-state index contributed by atoms with van der Waals surface area (Å²) in [6.45, 7) is 4.56. The highest BCUT2D eigenvalue weighted by Gasteiger charge is 2.17. The Hall–Kier alpha value is -1.53. The molecule has 0 unspecified atom stereocenters. The maximum Gasteiger partial charge on any atom is 0.0406 e. The van der Waals surface area contributed by atoms with Gasteiger partial charge in [0.25, 0.3) is 0 Å². The number of fused-ring (bicyclic) bond motifs is 1. The van der Waals surface area contributed by atoms with Gasteiger partial charge in [0.1, 0.15) is 0 Å². The smallest absolute Gasteiger partial charge is 0.0406 e. The van der Waals surface area contributed by atoms with Crippen LogP contribution in [0.25, 0.3) is 17.2 Å². The van der Waals surface area contributed by atoms with Crippen molar-refractivity contribution < 1.29 is 0 Å². The summed E-state index contributed by atoms with van der Waals surface area (Å²) in [6, 6.07) is 14.7. The van der Waals surface area contributed by atoms with Gasteiger partial charge in [0.2, 0.25) is 0 Å². The molecule has 0 heterocycles. The van der Waals surface area contributed by atoms with Crippen LogP contribution in [0.5, 0.6) is 0 Å². The van der Waals surface area contributed by atoms with Crippen molar-refractivity contribution in [1.82, 2.24) is 0 Å².